The van der Waals surface area contributed by atoms with E-state index in [1.807, 2.05) is 12.1 Å². The van der Waals surface area contributed by atoms with Crippen molar-refractivity contribution in [1.29, 1.82) is 0 Å². The lowest BCUT2D eigenvalue weighted by Gasteiger charge is -2.38. The molecule has 0 spiro atoms. The summed E-state index contributed by atoms with van der Waals surface area (Å²) < 4.78 is 0. The van der Waals surface area contributed by atoms with Gasteiger partial charge < -0.3 is 9.74 Å². The van der Waals surface area contributed by atoms with Gasteiger partial charge in [-0.05, 0) is 25.0 Å². The van der Waals surface area contributed by atoms with Crippen LogP contribution in [0.4, 0.5) is 5.69 Å². The number of carbonyl (C=O) groups is 2. The first-order valence-corrected chi connectivity index (χ1v) is 8.97. The first kappa shape index (κ1) is 23.6. The van der Waals surface area contributed by atoms with Crippen LogP contribution in [-0.2, 0) is 14.4 Å². The van der Waals surface area contributed by atoms with Gasteiger partial charge in [-0.25, -0.2) is 4.79 Å². The first-order valence-electron chi connectivity index (χ1n) is 8.97. The van der Waals surface area contributed by atoms with E-state index in [2.05, 4.69) is 19.6 Å². The van der Waals surface area contributed by atoms with E-state index in [0.717, 1.165) is 51.1 Å². The van der Waals surface area contributed by atoms with Crippen molar-refractivity contribution in [2.24, 2.45) is 11.3 Å². The molecule has 9 heteroatoms. The molecule has 0 amide bonds. The van der Waals surface area contributed by atoms with E-state index in [1.54, 1.807) is 12.4 Å². The third kappa shape index (κ3) is 5.31. The van der Waals surface area contributed by atoms with Gasteiger partial charge in [0.2, 0.25) is 0 Å². The van der Waals surface area contributed by atoms with Gasteiger partial charge in [-0.15, -0.1) is 24.8 Å². The normalized spacial score (nSPS) is 19.4. The van der Waals surface area contributed by atoms with Crippen molar-refractivity contribution in [2.75, 3.05) is 37.6 Å². The van der Waals surface area contributed by atoms with E-state index >= 15 is 0 Å². The van der Waals surface area contributed by atoms with Crippen molar-refractivity contribution in [1.82, 2.24) is 9.88 Å². The van der Waals surface area contributed by atoms with Gasteiger partial charge in [0.15, 0.2) is 5.78 Å². The molecule has 152 valence electrons. The van der Waals surface area contributed by atoms with Crippen molar-refractivity contribution in [2.45, 2.75) is 32.1 Å². The van der Waals surface area contributed by atoms with Crippen LogP contribution in [0.2, 0.25) is 0 Å². The van der Waals surface area contributed by atoms with Gasteiger partial charge in [-0.1, -0.05) is 19.3 Å². The third-order valence-corrected chi connectivity index (χ3v) is 5.51. The van der Waals surface area contributed by atoms with Crippen molar-refractivity contribution < 1.29 is 14.4 Å². The molecule has 2 aliphatic rings. The van der Waals surface area contributed by atoms with E-state index in [0.29, 0.717) is 19.4 Å². The summed E-state index contributed by atoms with van der Waals surface area (Å²) in [5, 5.41) is 0. The number of nitrogens with two attached hydrogens (primary N) is 1. The summed E-state index contributed by atoms with van der Waals surface area (Å²) in [5.74, 6) is 4.51. The fourth-order valence-electron chi connectivity index (χ4n) is 3.94. The molecular formula is C18H28Cl2N4O3. The first-order chi connectivity index (χ1) is 12.2. The van der Waals surface area contributed by atoms with Crippen LogP contribution in [0.15, 0.2) is 24.5 Å². The second-order valence-electron chi connectivity index (χ2n) is 6.94. The average Bonchev–Trinajstić information content (AvgIpc) is 2.69. The zero-order valence-corrected chi connectivity index (χ0v) is 17.0. The van der Waals surface area contributed by atoms with Gasteiger partial charge in [0.1, 0.15) is 5.41 Å². The minimum atomic E-state index is -1.03. The lowest BCUT2D eigenvalue weighted by Crippen LogP contribution is -2.52. The van der Waals surface area contributed by atoms with Crippen LogP contribution >= 0.6 is 24.8 Å². The summed E-state index contributed by atoms with van der Waals surface area (Å²) in [7, 11) is 0. The van der Waals surface area contributed by atoms with E-state index in [9.17, 15) is 9.59 Å². The SMILES string of the molecule is Cl.Cl.NOC(=O)C1(C(=O)CN2CCN(c3ccncc3)CC2)CCCCC1. The molecule has 27 heavy (non-hydrogen) atoms. The maximum Gasteiger partial charge on any atom is 0.338 e. The monoisotopic (exact) mass is 418 g/mol. The minimum Gasteiger partial charge on any atom is -0.373 e. The van der Waals surface area contributed by atoms with Gasteiger partial charge in [0.05, 0.1) is 6.54 Å². The summed E-state index contributed by atoms with van der Waals surface area (Å²) >= 11 is 0. The van der Waals surface area contributed by atoms with Gasteiger partial charge in [-0.2, -0.15) is 5.90 Å². The Morgan fingerprint density at radius 1 is 1.04 bits per heavy atom. The molecule has 1 aromatic rings. The van der Waals surface area contributed by atoms with E-state index in [1.165, 1.54) is 0 Å². The van der Waals surface area contributed by atoms with Crippen LogP contribution in [0.3, 0.4) is 0 Å². The summed E-state index contributed by atoms with van der Waals surface area (Å²) in [6.45, 7) is 3.58. The highest BCUT2D eigenvalue weighted by Crippen LogP contribution is 2.38. The molecule has 0 unspecified atom stereocenters. The Hall–Kier alpha value is -1.41. The third-order valence-electron chi connectivity index (χ3n) is 5.51. The highest BCUT2D eigenvalue weighted by atomic mass is 35.5. The average molecular weight is 419 g/mol. The Labute approximate surface area is 172 Å². The summed E-state index contributed by atoms with van der Waals surface area (Å²) in [4.78, 5) is 38.1. The number of carbonyl (C=O) groups excluding carboxylic acids is 2. The quantitative estimate of drug-likeness (QED) is 0.577. The van der Waals surface area contributed by atoms with Gasteiger partial charge in [0.25, 0.3) is 0 Å². The van der Waals surface area contributed by atoms with Crippen LogP contribution < -0.4 is 10.8 Å². The highest BCUT2D eigenvalue weighted by molar-refractivity contribution is 6.04. The van der Waals surface area contributed by atoms with Crippen LogP contribution in [-0.4, -0.2) is 54.4 Å². The van der Waals surface area contributed by atoms with E-state index in [-0.39, 0.29) is 30.6 Å². The second kappa shape index (κ2) is 10.8. The van der Waals surface area contributed by atoms with Crippen LogP contribution in [0.5, 0.6) is 0 Å². The maximum absolute atomic E-state index is 12.9. The zero-order valence-electron chi connectivity index (χ0n) is 15.3. The molecule has 0 radical (unpaired) electrons. The van der Waals surface area contributed by atoms with Crippen LogP contribution in [0, 0.1) is 5.41 Å². The van der Waals surface area contributed by atoms with E-state index < -0.39 is 11.4 Å². The van der Waals surface area contributed by atoms with Crippen molar-refractivity contribution in [3.05, 3.63) is 24.5 Å². The standard InChI is InChI=1S/C18H26N4O3.2ClH/c19-25-17(24)18(6-2-1-3-7-18)16(23)14-21-10-12-22(13-11-21)15-4-8-20-9-5-15;;/h4-5,8-9H,1-3,6-7,10-14,19H2;2*1H. The fraction of sp³-hybridized carbons (Fsp3) is 0.611. The number of pyridine rings is 1. The topological polar surface area (TPSA) is 88.8 Å². The number of anilines is 1. The second-order valence-corrected chi connectivity index (χ2v) is 6.94. The summed E-state index contributed by atoms with van der Waals surface area (Å²) in [6.07, 6.45) is 7.48. The molecule has 1 aliphatic heterocycles. The number of ketones is 1. The molecular weight excluding hydrogens is 391 g/mol. The minimum absolute atomic E-state index is 0. The molecule has 1 saturated heterocycles. The maximum atomic E-state index is 12.9. The zero-order chi connectivity index (χ0) is 17.7. The predicted molar refractivity (Wildman–Crippen MR) is 108 cm³/mol. The van der Waals surface area contributed by atoms with Crippen molar-refractivity contribution in [3.63, 3.8) is 0 Å². The number of nitrogens with zero attached hydrogens (tertiary/aromatic N) is 3. The Morgan fingerprint density at radius 2 is 1.63 bits per heavy atom. The summed E-state index contributed by atoms with van der Waals surface area (Å²) in [6, 6.07) is 3.99. The Balaban J connectivity index is 0.00000182. The molecule has 0 bridgehead atoms. The lowest BCUT2D eigenvalue weighted by molar-refractivity contribution is -0.164. The number of aromatic nitrogens is 1. The van der Waals surface area contributed by atoms with Crippen LogP contribution in [0.1, 0.15) is 32.1 Å². The number of Topliss-reactive ketones (excluding diaryl/α,β-unsaturated/α-hetero) is 1. The van der Waals surface area contributed by atoms with Crippen molar-refractivity contribution in [3.8, 4) is 0 Å². The lowest BCUT2D eigenvalue weighted by atomic mass is 9.71. The van der Waals surface area contributed by atoms with Gasteiger partial charge >= 0.3 is 5.97 Å². The number of halogens is 2. The number of hydrogen-bond donors (Lipinski definition) is 1. The molecule has 1 saturated carbocycles. The predicted octanol–water partition coefficient (Wildman–Crippen LogP) is 1.98. The molecule has 1 aliphatic carbocycles. The Kier molecular flexibility index (Phi) is 9.45. The Bertz CT molecular complexity index is 604. The molecule has 7 nitrogen and oxygen atoms in total. The molecule has 0 atom stereocenters. The summed E-state index contributed by atoms with van der Waals surface area (Å²) in [5.41, 5.74) is 0.117. The highest BCUT2D eigenvalue weighted by Gasteiger charge is 2.47. The Morgan fingerprint density at radius 3 is 2.19 bits per heavy atom. The van der Waals surface area contributed by atoms with E-state index in [4.69, 9.17) is 5.90 Å². The largest absolute Gasteiger partial charge is 0.373 e. The molecule has 1 aromatic heterocycles. The van der Waals surface area contributed by atoms with Crippen LogP contribution in [0.25, 0.3) is 0 Å². The fourth-order valence-corrected chi connectivity index (χ4v) is 3.94. The molecule has 3 rings (SSSR count). The molecule has 2 N–H and O–H groups in total. The number of piperazine rings is 1. The molecule has 0 aromatic carbocycles. The smallest absolute Gasteiger partial charge is 0.338 e. The van der Waals surface area contributed by atoms with Crippen molar-refractivity contribution >= 4 is 42.3 Å². The number of rotatable bonds is 5. The van der Waals surface area contributed by atoms with Gasteiger partial charge in [-0.3, -0.25) is 14.7 Å². The number of hydrogen-bond acceptors (Lipinski definition) is 7. The van der Waals surface area contributed by atoms with Gasteiger partial charge in [0, 0.05) is 44.3 Å². The molecule has 2 fully saturated rings. The molecule has 2 heterocycles.